The molecule has 0 aliphatic carbocycles. The Morgan fingerprint density at radius 2 is 1.77 bits per heavy atom. The van der Waals surface area contributed by atoms with E-state index in [1.807, 2.05) is 0 Å². The van der Waals surface area contributed by atoms with Gasteiger partial charge in [-0.05, 0) is 5.53 Å². The summed E-state index contributed by atoms with van der Waals surface area (Å²) in [6.45, 7) is -1.57. The Bertz CT molecular complexity index is 220. The summed E-state index contributed by atoms with van der Waals surface area (Å²) >= 11 is 0. The molecule has 0 spiro atoms. The zero-order valence-corrected chi connectivity index (χ0v) is 5.96. The molecule has 0 radical (unpaired) electrons. The van der Waals surface area contributed by atoms with Gasteiger partial charge < -0.3 is 5.11 Å². The largest absolute Gasteiger partial charge is 0.453 e. The molecule has 0 bridgehead atoms. The van der Waals surface area contributed by atoms with Crippen LogP contribution in [0.4, 0.5) is 22.0 Å². The highest BCUT2D eigenvalue weighted by Crippen LogP contribution is 2.39. The summed E-state index contributed by atoms with van der Waals surface area (Å²) in [6.07, 6.45) is -5.84. The van der Waals surface area contributed by atoms with Gasteiger partial charge in [0.2, 0.25) is 0 Å². The van der Waals surface area contributed by atoms with Gasteiger partial charge in [-0.15, -0.1) is 0 Å². The molecule has 0 aromatic carbocycles. The van der Waals surface area contributed by atoms with E-state index >= 15 is 0 Å². The Balaban J connectivity index is 4.87. The first-order valence-corrected chi connectivity index (χ1v) is 2.87. The van der Waals surface area contributed by atoms with Gasteiger partial charge in [-0.25, -0.2) is 0 Å². The highest BCUT2D eigenvalue weighted by molar-refractivity contribution is 4.89. The summed E-state index contributed by atoms with van der Waals surface area (Å²) in [7, 11) is 0. The fraction of sp³-hybridized carbons (Fsp3) is 1.00. The van der Waals surface area contributed by atoms with Crippen LogP contribution in [-0.2, 0) is 0 Å². The van der Waals surface area contributed by atoms with Gasteiger partial charge in [0.05, 0.1) is 6.61 Å². The molecular weight excluding hydrogens is 201 g/mol. The van der Waals surface area contributed by atoms with Crippen molar-refractivity contribution in [2.75, 3.05) is 6.61 Å². The first-order chi connectivity index (χ1) is 5.77. The van der Waals surface area contributed by atoms with Crippen LogP contribution in [0.15, 0.2) is 5.11 Å². The molecule has 0 fully saturated rings. The fourth-order valence-electron chi connectivity index (χ4n) is 0.475. The van der Waals surface area contributed by atoms with Crippen molar-refractivity contribution in [2.45, 2.75) is 18.1 Å². The van der Waals surface area contributed by atoms with Crippen LogP contribution < -0.4 is 0 Å². The second-order valence-corrected chi connectivity index (χ2v) is 2.02. The van der Waals surface area contributed by atoms with Crippen LogP contribution in [0.1, 0.15) is 0 Å². The van der Waals surface area contributed by atoms with E-state index in [2.05, 4.69) is 5.11 Å². The zero-order chi connectivity index (χ0) is 10.7. The van der Waals surface area contributed by atoms with E-state index in [9.17, 15) is 22.0 Å². The van der Waals surface area contributed by atoms with Crippen molar-refractivity contribution in [1.82, 2.24) is 0 Å². The third-order valence-corrected chi connectivity index (χ3v) is 1.16. The van der Waals surface area contributed by atoms with Gasteiger partial charge in [0, 0.05) is 4.91 Å². The third-order valence-electron chi connectivity index (χ3n) is 1.16. The van der Waals surface area contributed by atoms with Crippen molar-refractivity contribution in [2.24, 2.45) is 5.11 Å². The van der Waals surface area contributed by atoms with Crippen molar-refractivity contribution in [3.05, 3.63) is 10.4 Å². The van der Waals surface area contributed by atoms with Crippen molar-refractivity contribution in [1.29, 1.82) is 0 Å². The Hall–Kier alpha value is -1.08. The minimum absolute atomic E-state index is 1.57. The standard InChI is InChI=1S/C4H4F5N3O/c5-3(6,4(7,8)9)2(1-13)11-12-10/h2,13H,1H2. The van der Waals surface area contributed by atoms with Gasteiger partial charge in [-0.2, -0.15) is 22.0 Å². The maximum atomic E-state index is 12.2. The van der Waals surface area contributed by atoms with Crippen LogP contribution in [0.3, 0.4) is 0 Å². The molecule has 1 atom stereocenters. The summed E-state index contributed by atoms with van der Waals surface area (Å²) < 4.78 is 59.1. The van der Waals surface area contributed by atoms with E-state index in [1.54, 1.807) is 4.91 Å². The molecule has 0 heterocycles. The van der Waals surface area contributed by atoms with Crippen molar-refractivity contribution in [3.8, 4) is 0 Å². The molecule has 0 saturated heterocycles. The first-order valence-electron chi connectivity index (χ1n) is 2.87. The summed E-state index contributed by atoms with van der Waals surface area (Å²) in [5.74, 6) is -5.21. The number of nitrogens with zero attached hydrogens (tertiary/aromatic N) is 3. The van der Waals surface area contributed by atoms with Gasteiger partial charge in [-0.1, -0.05) is 5.11 Å². The second-order valence-electron chi connectivity index (χ2n) is 2.02. The Labute approximate surface area is 68.6 Å². The predicted molar refractivity (Wildman–Crippen MR) is 31.0 cm³/mol. The third kappa shape index (κ3) is 2.43. The van der Waals surface area contributed by atoms with Gasteiger partial charge in [0.15, 0.2) is 0 Å². The monoisotopic (exact) mass is 205 g/mol. The summed E-state index contributed by atoms with van der Waals surface area (Å²) in [5, 5.41) is 10.3. The lowest BCUT2D eigenvalue weighted by atomic mass is 10.1. The van der Waals surface area contributed by atoms with E-state index in [1.165, 1.54) is 0 Å². The van der Waals surface area contributed by atoms with Crippen molar-refractivity contribution in [3.63, 3.8) is 0 Å². The molecule has 0 aliphatic heterocycles. The highest BCUT2D eigenvalue weighted by Gasteiger charge is 2.61. The van der Waals surface area contributed by atoms with Crippen LogP contribution >= 0.6 is 0 Å². The summed E-state index contributed by atoms with van der Waals surface area (Å²) in [6, 6.07) is -2.82. The molecule has 9 heteroatoms. The number of aliphatic hydroxyl groups excluding tert-OH is 1. The van der Waals surface area contributed by atoms with Crippen LogP contribution in [0.5, 0.6) is 0 Å². The number of rotatable bonds is 3. The molecule has 4 nitrogen and oxygen atoms in total. The maximum absolute atomic E-state index is 12.2. The topological polar surface area (TPSA) is 69.0 Å². The van der Waals surface area contributed by atoms with Crippen LogP contribution in [0.25, 0.3) is 10.4 Å². The lowest BCUT2D eigenvalue weighted by Gasteiger charge is -2.23. The van der Waals surface area contributed by atoms with Crippen LogP contribution in [0, 0.1) is 0 Å². The SMILES string of the molecule is [N-]=[N+]=NC(CO)C(F)(F)C(F)(F)F. The zero-order valence-electron chi connectivity index (χ0n) is 5.96. The van der Waals surface area contributed by atoms with E-state index in [0.29, 0.717) is 0 Å². The lowest BCUT2D eigenvalue weighted by Crippen LogP contribution is -2.47. The molecule has 76 valence electrons. The van der Waals surface area contributed by atoms with Crippen LogP contribution in [-0.4, -0.2) is 29.9 Å². The first kappa shape index (κ1) is 11.9. The van der Waals surface area contributed by atoms with Crippen molar-refractivity contribution < 1.29 is 27.1 Å². The summed E-state index contributed by atoms with van der Waals surface area (Å²) in [4.78, 5) is 1.77. The normalized spacial score (nSPS) is 14.9. The molecule has 1 unspecified atom stereocenters. The highest BCUT2D eigenvalue weighted by atomic mass is 19.4. The Morgan fingerprint density at radius 1 is 1.31 bits per heavy atom. The average Bonchev–Trinajstić information content (AvgIpc) is 1.97. The van der Waals surface area contributed by atoms with Gasteiger partial charge in [0.1, 0.15) is 6.04 Å². The number of alkyl halides is 5. The number of hydrogen-bond acceptors (Lipinski definition) is 2. The smallest absolute Gasteiger partial charge is 0.396 e. The van der Waals surface area contributed by atoms with Gasteiger partial charge in [0.25, 0.3) is 0 Å². The quantitative estimate of drug-likeness (QED) is 0.325. The Kier molecular flexibility index (Phi) is 3.44. The number of hydrogen-bond donors (Lipinski definition) is 1. The molecule has 13 heavy (non-hydrogen) atoms. The average molecular weight is 205 g/mol. The molecular formula is C4H4F5N3O. The van der Waals surface area contributed by atoms with Crippen LogP contribution in [0.2, 0.25) is 0 Å². The lowest BCUT2D eigenvalue weighted by molar-refractivity contribution is -0.291. The molecule has 0 aliphatic rings. The second kappa shape index (κ2) is 3.75. The van der Waals surface area contributed by atoms with E-state index in [-0.39, 0.29) is 0 Å². The number of aliphatic hydroxyl groups is 1. The predicted octanol–water partition coefficient (Wildman–Crippen LogP) is 1.86. The molecule has 0 aromatic rings. The van der Waals surface area contributed by atoms with Gasteiger partial charge >= 0.3 is 12.1 Å². The molecule has 0 aromatic heterocycles. The molecule has 0 saturated carbocycles. The van der Waals surface area contributed by atoms with E-state index < -0.39 is 24.7 Å². The summed E-state index contributed by atoms with van der Waals surface area (Å²) in [5.41, 5.74) is 7.64. The molecule has 1 N–H and O–H groups in total. The maximum Gasteiger partial charge on any atom is 0.453 e. The fourth-order valence-corrected chi connectivity index (χ4v) is 0.475. The minimum atomic E-state index is -5.84. The Morgan fingerprint density at radius 3 is 2.00 bits per heavy atom. The number of azide groups is 1. The van der Waals surface area contributed by atoms with E-state index in [4.69, 9.17) is 10.6 Å². The van der Waals surface area contributed by atoms with E-state index in [0.717, 1.165) is 0 Å². The van der Waals surface area contributed by atoms with Gasteiger partial charge in [-0.3, -0.25) is 0 Å². The minimum Gasteiger partial charge on any atom is -0.396 e. The molecule has 0 rings (SSSR count). The number of halogens is 5. The molecule has 0 amide bonds. The van der Waals surface area contributed by atoms with Crippen molar-refractivity contribution >= 4 is 0 Å².